The summed E-state index contributed by atoms with van der Waals surface area (Å²) in [5.41, 5.74) is 6.63. The topological polar surface area (TPSA) is 75.4 Å². The quantitative estimate of drug-likeness (QED) is 0.820. The lowest BCUT2D eigenvalue weighted by molar-refractivity contribution is -0.136. The third-order valence-electron chi connectivity index (χ3n) is 2.63. The molecule has 19 heavy (non-hydrogen) atoms. The van der Waals surface area contributed by atoms with Gasteiger partial charge in [-0.05, 0) is 19.4 Å². The van der Waals surface area contributed by atoms with Crippen molar-refractivity contribution in [1.82, 2.24) is 10.2 Å². The zero-order valence-corrected chi connectivity index (χ0v) is 11.6. The van der Waals surface area contributed by atoms with Crippen LogP contribution in [0.4, 0.5) is 0 Å². The van der Waals surface area contributed by atoms with E-state index in [1.807, 2.05) is 32.0 Å². The molecule has 1 unspecified atom stereocenters. The van der Waals surface area contributed by atoms with Crippen LogP contribution >= 0.6 is 0 Å². The van der Waals surface area contributed by atoms with Crippen molar-refractivity contribution in [1.29, 1.82) is 0 Å². The molecule has 0 aliphatic carbocycles. The lowest BCUT2D eigenvalue weighted by Gasteiger charge is -2.21. The molecule has 5 heteroatoms. The van der Waals surface area contributed by atoms with Gasteiger partial charge in [0.05, 0.1) is 6.54 Å². The molecule has 0 heterocycles. The Bertz CT molecular complexity index is 432. The number of likely N-dealkylation sites (N-methyl/N-ethyl adjacent to an activating group) is 1. The average Bonchev–Trinajstić information content (AvgIpc) is 2.36. The van der Waals surface area contributed by atoms with Crippen LogP contribution in [0.1, 0.15) is 25.5 Å². The molecule has 0 saturated heterocycles. The Morgan fingerprint density at radius 2 is 1.84 bits per heavy atom. The minimum Gasteiger partial charge on any atom is -0.352 e. The smallest absolute Gasteiger partial charge is 0.244 e. The fourth-order valence-electron chi connectivity index (χ4n) is 1.70. The molecule has 0 aliphatic heterocycles. The molecular weight excluding hydrogens is 242 g/mol. The number of amides is 2. The van der Waals surface area contributed by atoms with Crippen LogP contribution in [0.5, 0.6) is 0 Å². The van der Waals surface area contributed by atoms with Crippen molar-refractivity contribution < 1.29 is 9.59 Å². The average molecular weight is 263 g/mol. The maximum Gasteiger partial charge on any atom is 0.244 e. The lowest BCUT2D eigenvalue weighted by Crippen LogP contribution is -2.43. The third kappa shape index (κ3) is 4.71. The molecular formula is C14H21N3O2. The number of hydrogen-bond acceptors (Lipinski definition) is 3. The van der Waals surface area contributed by atoms with Crippen LogP contribution in [0.25, 0.3) is 0 Å². The number of rotatable bonds is 5. The number of hydrogen-bond donors (Lipinski definition) is 2. The SMILES string of the molecule is CC(C)NC(=O)CN(C)C(=O)C(N)c1ccccc1. The van der Waals surface area contributed by atoms with E-state index in [4.69, 9.17) is 5.73 Å². The van der Waals surface area contributed by atoms with E-state index in [-0.39, 0.29) is 24.4 Å². The van der Waals surface area contributed by atoms with E-state index in [0.29, 0.717) is 0 Å². The molecule has 104 valence electrons. The summed E-state index contributed by atoms with van der Waals surface area (Å²) in [6, 6.07) is 8.43. The number of benzene rings is 1. The van der Waals surface area contributed by atoms with Gasteiger partial charge in [0.15, 0.2) is 0 Å². The van der Waals surface area contributed by atoms with Gasteiger partial charge in [-0.3, -0.25) is 9.59 Å². The first-order chi connectivity index (χ1) is 8.91. The molecule has 2 amide bonds. The second kappa shape index (κ2) is 6.89. The highest BCUT2D eigenvalue weighted by Crippen LogP contribution is 2.11. The number of carbonyl (C=O) groups excluding carboxylic acids is 2. The Morgan fingerprint density at radius 3 is 2.37 bits per heavy atom. The van der Waals surface area contributed by atoms with Crippen molar-refractivity contribution in [3.8, 4) is 0 Å². The van der Waals surface area contributed by atoms with Gasteiger partial charge >= 0.3 is 0 Å². The normalized spacial score (nSPS) is 12.1. The highest BCUT2D eigenvalue weighted by atomic mass is 16.2. The van der Waals surface area contributed by atoms with Crippen LogP contribution in [0.2, 0.25) is 0 Å². The molecule has 3 N–H and O–H groups in total. The molecule has 5 nitrogen and oxygen atoms in total. The zero-order valence-electron chi connectivity index (χ0n) is 11.6. The predicted octanol–water partition coefficient (Wildman–Crippen LogP) is 0.669. The van der Waals surface area contributed by atoms with Gasteiger partial charge in [-0.15, -0.1) is 0 Å². The molecule has 0 aromatic heterocycles. The van der Waals surface area contributed by atoms with Crippen LogP contribution in [0, 0.1) is 0 Å². The van der Waals surface area contributed by atoms with Gasteiger partial charge < -0.3 is 16.0 Å². The Hall–Kier alpha value is -1.88. The van der Waals surface area contributed by atoms with E-state index < -0.39 is 6.04 Å². The van der Waals surface area contributed by atoms with E-state index in [1.54, 1.807) is 19.2 Å². The van der Waals surface area contributed by atoms with Gasteiger partial charge in [0.25, 0.3) is 0 Å². The summed E-state index contributed by atoms with van der Waals surface area (Å²) in [5.74, 6) is -0.462. The largest absolute Gasteiger partial charge is 0.352 e. The maximum atomic E-state index is 12.1. The summed E-state index contributed by atoms with van der Waals surface area (Å²) >= 11 is 0. The summed E-state index contributed by atoms with van der Waals surface area (Å²) in [6.45, 7) is 3.75. The van der Waals surface area contributed by atoms with Crippen molar-refractivity contribution in [2.75, 3.05) is 13.6 Å². The summed E-state index contributed by atoms with van der Waals surface area (Å²) in [7, 11) is 1.57. The summed E-state index contributed by atoms with van der Waals surface area (Å²) in [4.78, 5) is 25.0. The molecule has 0 saturated carbocycles. The molecule has 1 aromatic carbocycles. The van der Waals surface area contributed by atoms with Crippen molar-refractivity contribution >= 4 is 11.8 Å². The van der Waals surface area contributed by atoms with Crippen LogP contribution in [-0.2, 0) is 9.59 Å². The highest BCUT2D eigenvalue weighted by Gasteiger charge is 2.21. The van der Waals surface area contributed by atoms with E-state index in [9.17, 15) is 9.59 Å². The van der Waals surface area contributed by atoms with E-state index in [2.05, 4.69) is 5.32 Å². The highest BCUT2D eigenvalue weighted by molar-refractivity contribution is 5.88. The van der Waals surface area contributed by atoms with Crippen LogP contribution < -0.4 is 11.1 Å². The minimum absolute atomic E-state index is 0.0115. The van der Waals surface area contributed by atoms with E-state index in [0.717, 1.165) is 5.56 Å². The third-order valence-corrected chi connectivity index (χ3v) is 2.63. The second-order valence-corrected chi connectivity index (χ2v) is 4.80. The Labute approximate surface area is 113 Å². The van der Waals surface area contributed by atoms with Gasteiger partial charge in [0.2, 0.25) is 11.8 Å². The molecule has 0 spiro atoms. The number of carbonyl (C=O) groups is 2. The summed E-state index contributed by atoms with van der Waals surface area (Å²) in [6.07, 6.45) is 0. The first-order valence-electron chi connectivity index (χ1n) is 6.26. The number of nitrogens with zero attached hydrogens (tertiary/aromatic N) is 1. The van der Waals surface area contributed by atoms with Crippen LogP contribution in [0.15, 0.2) is 30.3 Å². The van der Waals surface area contributed by atoms with E-state index >= 15 is 0 Å². The van der Waals surface area contributed by atoms with Crippen molar-refractivity contribution in [3.63, 3.8) is 0 Å². The fraction of sp³-hybridized carbons (Fsp3) is 0.429. The Kier molecular flexibility index (Phi) is 5.51. The molecule has 1 atom stereocenters. The number of nitrogens with one attached hydrogen (secondary N) is 1. The van der Waals surface area contributed by atoms with Gasteiger partial charge in [-0.1, -0.05) is 30.3 Å². The van der Waals surface area contributed by atoms with Gasteiger partial charge in [-0.2, -0.15) is 0 Å². The van der Waals surface area contributed by atoms with Crippen LogP contribution in [0.3, 0.4) is 0 Å². The van der Waals surface area contributed by atoms with Gasteiger partial charge in [-0.25, -0.2) is 0 Å². The first kappa shape index (κ1) is 15.2. The lowest BCUT2D eigenvalue weighted by atomic mass is 10.1. The predicted molar refractivity (Wildman–Crippen MR) is 74.3 cm³/mol. The molecule has 0 aliphatic rings. The standard InChI is InChI=1S/C14H21N3O2/c1-10(2)16-12(18)9-17(3)14(19)13(15)11-7-5-4-6-8-11/h4-8,10,13H,9,15H2,1-3H3,(H,16,18). The monoisotopic (exact) mass is 263 g/mol. The Balaban J connectivity index is 2.60. The van der Waals surface area contributed by atoms with Crippen LogP contribution in [-0.4, -0.2) is 36.3 Å². The Morgan fingerprint density at radius 1 is 1.26 bits per heavy atom. The summed E-state index contributed by atoms with van der Waals surface area (Å²) < 4.78 is 0. The second-order valence-electron chi connectivity index (χ2n) is 4.80. The molecule has 0 radical (unpaired) electrons. The van der Waals surface area contributed by atoms with Crippen molar-refractivity contribution in [3.05, 3.63) is 35.9 Å². The van der Waals surface area contributed by atoms with E-state index in [1.165, 1.54) is 4.90 Å². The van der Waals surface area contributed by atoms with Crippen molar-refractivity contribution in [2.24, 2.45) is 5.73 Å². The van der Waals surface area contributed by atoms with Gasteiger partial charge in [0.1, 0.15) is 6.04 Å². The van der Waals surface area contributed by atoms with Gasteiger partial charge in [0, 0.05) is 13.1 Å². The maximum absolute atomic E-state index is 12.1. The molecule has 0 fully saturated rings. The zero-order chi connectivity index (χ0) is 14.4. The minimum atomic E-state index is -0.738. The first-order valence-corrected chi connectivity index (χ1v) is 6.26. The fourth-order valence-corrected chi connectivity index (χ4v) is 1.70. The van der Waals surface area contributed by atoms with Crippen molar-refractivity contribution in [2.45, 2.75) is 25.9 Å². The summed E-state index contributed by atoms with van der Waals surface area (Å²) in [5, 5.41) is 2.73. The molecule has 1 rings (SSSR count). The molecule has 1 aromatic rings. The molecule has 0 bridgehead atoms. The number of nitrogens with two attached hydrogens (primary N) is 1.